The molecular formula is C23H27N3O5. The second-order valence-electron chi connectivity index (χ2n) is 7.09. The quantitative estimate of drug-likeness (QED) is 0.656. The largest absolute Gasteiger partial charge is 0.497 e. The highest BCUT2D eigenvalue weighted by Gasteiger charge is 2.54. The standard InChI is InChI=1S/C23H27N3O5/c1-5-25(6-2)20(27)15-26-21(28)23(24-22(26)29,16-7-11-18(30-3)12-8-16)17-9-13-19(31-4)14-10-17/h7-14H,5-6,15H2,1-4H3,(H,24,29). The lowest BCUT2D eigenvalue weighted by Crippen LogP contribution is -2.46. The van der Waals surface area contributed by atoms with Crippen LogP contribution in [-0.2, 0) is 15.1 Å². The van der Waals surface area contributed by atoms with Gasteiger partial charge in [-0.1, -0.05) is 24.3 Å². The first kappa shape index (κ1) is 22.1. The zero-order valence-corrected chi connectivity index (χ0v) is 18.2. The van der Waals surface area contributed by atoms with E-state index in [1.54, 1.807) is 67.7 Å². The lowest BCUT2D eigenvalue weighted by atomic mass is 9.82. The maximum Gasteiger partial charge on any atom is 0.326 e. The van der Waals surface area contributed by atoms with Gasteiger partial charge in [0.2, 0.25) is 5.91 Å². The molecule has 8 nitrogen and oxygen atoms in total. The van der Waals surface area contributed by atoms with Crippen LogP contribution in [0.3, 0.4) is 0 Å². The Morgan fingerprint density at radius 2 is 1.35 bits per heavy atom. The molecule has 4 amide bonds. The number of rotatable bonds is 8. The summed E-state index contributed by atoms with van der Waals surface area (Å²) in [5, 5.41) is 2.84. The Balaban J connectivity index is 2.06. The number of nitrogens with one attached hydrogen (secondary N) is 1. The molecule has 8 heteroatoms. The van der Waals surface area contributed by atoms with Crippen molar-refractivity contribution in [3.05, 3.63) is 59.7 Å². The Morgan fingerprint density at radius 3 is 1.74 bits per heavy atom. The molecule has 0 bridgehead atoms. The van der Waals surface area contributed by atoms with Crippen molar-refractivity contribution in [1.82, 2.24) is 15.1 Å². The van der Waals surface area contributed by atoms with Crippen LogP contribution in [0.4, 0.5) is 4.79 Å². The molecule has 2 aromatic rings. The van der Waals surface area contributed by atoms with Gasteiger partial charge in [0.1, 0.15) is 18.0 Å². The van der Waals surface area contributed by atoms with E-state index in [2.05, 4.69) is 5.32 Å². The normalized spacial score (nSPS) is 14.9. The predicted molar refractivity (Wildman–Crippen MR) is 115 cm³/mol. The second kappa shape index (κ2) is 9.07. The van der Waals surface area contributed by atoms with Gasteiger partial charge in [-0.3, -0.25) is 14.5 Å². The molecule has 0 aliphatic carbocycles. The number of nitrogens with zero attached hydrogens (tertiary/aromatic N) is 2. The maximum atomic E-state index is 13.7. The van der Waals surface area contributed by atoms with E-state index in [4.69, 9.17) is 9.47 Å². The van der Waals surface area contributed by atoms with Crippen LogP contribution in [0.25, 0.3) is 0 Å². The lowest BCUT2D eigenvalue weighted by Gasteiger charge is -2.28. The molecule has 1 heterocycles. The Morgan fingerprint density at radius 1 is 0.903 bits per heavy atom. The number of hydrogen-bond donors (Lipinski definition) is 1. The number of amides is 4. The summed E-state index contributed by atoms with van der Waals surface area (Å²) in [6.07, 6.45) is 0. The third kappa shape index (κ3) is 3.93. The first-order valence-corrected chi connectivity index (χ1v) is 10.1. The summed E-state index contributed by atoms with van der Waals surface area (Å²) in [5.41, 5.74) is -0.330. The van der Waals surface area contributed by atoms with Crippen LogP contribution >= 0.6 is 0 Å². The minimum absolute atomic E-state index is 0.284. The third-order valence-electron chi connectivity index (χ3n) is 5.56. The monoisotopic (exact) mass is 425 g/mol. The van der Waals surface area contributed by atoms with Crippen molar-refractivity contribution in [2.24, 2.45) is 0 Å². The Labute approximate surface area is 181 Å². The van der Waals surface area contributed by atoms with Crippen molar-refractivity contribution in [3.63, 3.8) is 0 Å². The van der Waals surface area contributed by atoms with E-state index in [-0.39, 0.29) is 12.5 Å². The molecule has 0 unspecified atom stereocenters. The molecular weight excluding hydrogens is 398 g/mol. The van der Waals surface area contributed by atoms with Crippen LogP contribution in [0, 0.1) is 0 Å². The van der Waals surface area contributed by atoms with Gasteiger partial charge in [0.15, 0.2) is 5.54 Å². The van der Waals surface area contributed by atoms with Gasteiger partial charge in [-0.25, -0.2) is 4.79 Å². The number of benzene rings is 2. The van der Waals surface area contributed by atoms with Gasteiger partial charge in [0, 0.05) is 13.1 Å². The van der Waals surface area contributed by atoms with Crippen LogP contribution in [0.2, 0.25) is 0 Å². The first-order valence-electron chi connectivity index (χ1n) is 10.1. The first-order chi connectivity index (χ1) is 14.9. The van der Waals surface area contributed by atoms with Gasteiger partial charge in [-0.15, -0.1) is 0 Å². The molecule has 0 radical (unpaired) electrons. The number of carbonyl (C=O) groups is 3. The fourth-order valence-corrected chi connectivity index (χ4v) is 3.77. The van der Waals surface area contributed by atoms with Crippen molar-refractivity contribution < 1.29 is 23.9 Å². The minimum Gasteiger partial charge on any atom is -0.497 e. The molecule has 0 aromatic heterocycles. The number of urea groups is 1. The second-order valence-corrected chi connectivity index (χ2v) is 7.09. The number of methoxy groups -OCH3 is 2. The number of ether oxygens (including phenoxy) is 2. The molecule has 1 N–H and O–H groups in total. The minimum atomic E-state index is -1.46. The van der Waals surface area contributed by atoms with Crippen molar-refractivity contribution in [2.75, 3.05) is 33.9 Å². The lowest BCUT2D eigenvalue weighted by molar-refractivity contribution is -0.138. The van der Waals surface area contributed by atoms with Gasteiger partial charge in [-0.2, -0.15) is 0 Å². The number of hydrogen-bond acceptors (Lipinski definition) is 5. The van der Waals surface area contributed by atoms with Gasteiger partial charge in [0.25, 0.3) is 5.91 Å². The van der Waals surface area contributed by atoms with Gasteiger partial charge in [-0.05, 0) is 49.2 Å². The number of likely N-dealkylation sites (N-methyl/N-ethyl adjacent to an activating group) is 1. The molecule has 3 rings (SSSR count). The Hall–Kier alpha value is -3.55. The molecule has 31 heavy (non-hydrogen) atoms. The highest BCUT2D eigenvalue weighted by atomic mass is 16.5. The Bertz CT molecular complexity index is 905. The fraction of sp³-hybridized carbons (Fsp3) is 0.348. The maximum absolute atomic E-state index is 13.7. The predicted octanol–water partition coefficient (Wildman–Crippen LogP) is 2.37. The highest BCUT2D eigenvalue weighted by molar-refractivity contribution is 6.11. The van der Waals surface area contributed by atoms with Crippen LogP contribution < -0.4 is 14.8 Å². The summed E-state index contributed by atoms with van der Waals surface area (Å²) in [4.78, 5) is 41.8. The smallest absolute Gasteiger partial charge is 0.326 e. The van der Waals surface area contributed by atoms with Gasteiger partial charge in [0.05, 0.1) is 14.2 Å². The van der Waals surface area contributed by atoms with Crippen LogP contribution in [0.1, 0.15) is 25.0 Å². The zero-order chi connectivity index (χ0) is 22.6. The summed E-state index contributed by atoms with van der Waals surface area (Å²) in [7, 11) is 3.11. The number of carbonyl (C=O) groups excluding carboxylic acids is 3. The molecule has 0 atom stereocenters. The van der Waals surface area contributed by atoms with E-state index in [0.29, 0.717) is 35.7 Å². The Kier molecular flexibility index (Phi) is 6.48. The van der Waals surface area contributed by atoms with Gasteiger partial charge >= 0.3 is 6.03 Å². The van der Waals surface area contributed by atoms with E-state index >= 15 is 0 Å². The van der Waals surface area contributed by atoms with Crippen molar-refractivity contribution in [2.45, 2.75) is 19.4 Å². The third-order valence-corrected chi connectivity index (χ3v) is 5.56. The van der Waals surface area contributed by atoms with Crippen molar-refractivity contribution in [1.29, 1.82) is 0 Å². The average Bonchev–Trinajstić information content (AvgIpc) is 3.05. The molecule has 1 fully saturated rings. The molecule has 0 spiro atoms. The van der Waals surface area contributed by atoms with E-state index in [9.17, 15) is 14.4 Å². The summed E-state index contributed by atoms with van der Waals surface area (Å²) in [5.74, 6) is 0.458. The van der Waals surface area contributed by atoms with Crippen LogP contribution in [-0.4, -0.2) is 61.5 Å². The van der Waals surface area contributed by atoms with Crippen molar-refractivity contribution >= 4 is 17.8 Å². The van der Waals surface area contributed by atoms with Crippen LogP contribution in [0.15, 0.2) is 48.5 Å². The topological polar surface area (TPSA) is 88.2 Å². The van der Waals surface area contributed by atoms with Gasteiger partial charge < -0.3 is 19.7 Å². The van der Waals surface area contributed by atoms with E-state index in [1.165, 1.54) is 0 Å². The molecule has 164 valence electrons. The molecule has 1 aliphatic rings. The van der Waals surface area contributed by atoms with E-state index < -0.39 is 17.5 Å². The van der Waals surface area contributed by atoms with E-state index in [1.807, 2.05) is 13.8 Å². The molecule has 0 saturated carbocycles. The zero-order valence-electron chi connectivity index (χ0n) is 18.2. The summed E-state index contributed by atoms with van der Waals surface area (Å²) in [6.45, 7) is 4.39. The fourth-order valence-electron chi connectivity index (χ4n) is 3.77. The summed E-state index contributed by atoms with van der Waals surface area (Å²) >= 11 is 0. The molecule has 1 aliphatic heterocycles. The average molecular weight is 425 g/mol. The molecule has 1 saturated heterocycles. The van der Waals surface area contributed by atoms with Crippen molar-refractivity contribution in [3.8, 4) is 11.5 Å². The highest BCUT2D eigenvalue weighted by Crippen LogP contribution is 2.37. The SMILES string of the molecule is CCN(CC)C(=O)CN1C(=O)NC(c2ccc(OC)cc2)(c2ccc(OC)cc2)C1=O. The van der Waals surface area contributed by atoms with E-state index in [0.717, 1.165) is 4.90 Å². The number of imide groups is 1. The molecule has 2 aromatic carbocycles. The van der Waals surface area contributed by atoms with Crippen LogP contribution in [0.5, 0.6) is 11.5 Å². The summed E-state index contributed by atoms with van der Waals surface area (Å²) in [6, 6.07) is 13.2. The summed E-state index contributed by atoms with van der Waals surface area (Å²) < 4.78 is 10.4.